The van der Waals surface area contributed by atoms with Crippen LogP contribution in [-0.4, -0.2) is 32.7 Å². The number of hydrogen-bond donors (Lipinski definition) is 1. The number of nitrogens with one attached hydrogen (secondary N) is 1. The van der Waals surface area contributed by atoms with Crippen LogP contribution in [0.2, 0.25) is 5.02 Å². The molecular formula is C14H15ClN2O4S. The van der Waals surface area contributed by atoms with Crippen molar-refractivity contribution in [2.24, 2.45) is 0 Å². The lowest BCUT2D eigenvalue weighted by molar-refractivity contribution is 0.217. The van der Waals surface area contributed by atoms with Crippen LogP contribution in [0.15, 0.2) is 45.9 Å². The summed E-state index contributed by atoms with van der Waals surface area (Å²) in [6, 6.07) is 7.40. The predicted molar refractivity (Wildman–Crippen MR) is 83.8 cm³/mol. The molecule has 2 amide bonds. The van der Waals surface area contributed by atoms with Gasteiger partial charge in [0.15, 0.2) is 9.84 Å². The molecule has 22 heavy (non-hydrogen) atoms. The average molecular weight is 343 g/mol. The number of carbonyl (C=O) groups is 1. The van der Waals surface area contributed by atoms with Gasteiger partial charge < -0.3 is 14.6 Å². The summed E-state index contributed by atoms with van der Waals surface area (Å²) in [5, 5.41) is 2.73. The van der Waals surface area contributed by atoms with Gasteiger partial charge in [0.1, 0.15) is 5.76 Å². The molecule has 0 atom stereocenters. The highest BCUT2D eigenvalue weighted by atomic mass is 35.5. The van der Waals surface area contributed by atoms with Crippen molar-refractivity contribution in [3.8, 4) is 0 Å². The van der Waals surface area contributed by atoms with E-state index in [1.807, 2.05) is 0 Å². The van der Waals surface area contributed by atoms with E-state index in [1.54, 1.807) is 19.2 Å². The van der Waals surface area contributed by atoms with Crippen molar-refractivity contribution in [2.75, 3.05) is 18.6 Å². The van der Waals surface area contributed by atoms with Gasteiger partial charge in [-0.2, -0.15) is 0 Å². The minimum atomic E-state index is -3.46. The van der Waals surface area contributed by atoms with Crippen molar-refractivity contribution in [3.05, 3.63) is 47.4 Å². The molecule has 0 saturated heterocycles. The molecule has 8 heteroatoms. The second kappa shape index (κ2) is 6.41. The lowest BCUT2D eigenvalue weighted by atomic mass is 10.3. The summed E-state index contributed by atoms with van der Waals surface area (Å²) in [5.74, 6) is 0.644. The Labute approximate surface area is 133 Å². The molecule has 0 fully saturated rings. The van der Waals surface area contributed by atoms with Crippen LogP contribution in [0.1, 0.15) is 5.76 Å². The Bertz CT molecular complexity index is 772. The van der Waals surface area contributed by atoms with Crippen LogP contribution in [0.5, 0.6) is 0 Å². The number of hydrogen-bond acceptors (Lipinski definition) is 4. The Hall–Kier alpha value is -1.99. The lowest BCUT2D eigenvalue weighted by Gasteiger charge is -2.17. The minimum Gasteiger partial charge on any atom is -0.467 e. The molecule has 0 spiro atoms. The second-order valence-corrected chi connectivity index (χ2v) is 7.17. The van der Waals surface area contributed by atoms with Gasteiger partial charge in [-0.3, -0.25) is 0 Å². The fourth-order valence-electron chi connectivity index (χ4n) is 1.79. The number of rotatable bonds is 4. The molecule has 118 valence electrons. The van der Waals surface area contributed by atoms with Crippen LogP contribution in [0.25, 0.3) is 0 Å². The Morgan fingerprint density at radius 3 is 2.68 bits per heavy atom. The Kier molecular flexibility index (Phi) is 4.77. The van der Waals surface area contributed by atoms with Crippen LogP contribution in [-0.2, 0) is 16.4 Å². The van der Waals surface area contributed by atoms with Crippen LogP contribution in [0, 0.1) is 0 Å². The Morgan fingerprint density at radius 1 is 1.36 bits per heavy atom. The second-order valence-electron chi connectivity index (χ2n) is 4.78. The number of nitrogens with zero attached hydrogens (tertiary/aromatic N) is 1. The van der Waals surface area contributed by atoms with Crippen LogP contribution >= 0.6 is 11.6 Å². The molecule has 0 bridgehead atoms. The Balaban J connectivity index is 2.11. The van der Waals surface area contributed by atoms with Crippen molar-refractivity contribution in [2.45, 2.75) is 11.4 Å². The lowest BCUT2D eigenvalue weighted by Crippen LogP contribution is -2.30. The van der Waals surface area contributed by atoms with Gasteiger partial charge in [0.2, 0.25) is 0 Å². The first kappa shape index (κ1) is 16.4. The van der Waals surface area contributed by atoms with Gasteiger partial charge in [0, 0.05) is 19.0 Å². The fourth-order valence-corrected chi connectivity index (χ4v) is 3.09. The van der Waals surface area contributed by atoms with Crippen molar-refractivity contribution < 1.29 is 17.6 Å². The smallest absolute Gasteiger partial charge is 0.321 e. The molecule has 2 aromatic rings. The van der Waals surface area contributed by atoms with Gasteiger partial charge in [-0.05, 0) is 30.3 Å². The quantitative estimate of drug-likeness (QED) is 0.926. The SMILES string of the molecule is CN(Cc1ccco1)C(=O)Nc1ccc(Cl)c(S(C)(=O)=O)c1. The zero-order chi connectivity index (χ0) is 16.3. The molecule has 2 rings (SSSR count). The monoisotopic (exact) mass is 342 g/mol. The summed E-state index contributed by atoms with van der Waals surface area (Å²) in [6.45, 7) is 0.297. The average Bonchev–Trinajstić information content (AvgIpc) is 2.92. The topological polar surface area (TPSA) is 79.6 Å². The molecule has 0 aliphatic rings. The van der Waals surface area contributed by atoms with E-state index in [2.05, 4.69) is 5.32 Å². The van der Waals surface area contributed by atoms with Gasteiger partial charge in [0.05, 0.1) is 22.7 Å². The maximum atomic E-state index is 12.1. The summed E-state index contributed by atoms with van der Waals surface area (Å²) in [4.78, 5) is 13.5. The molecule has 1 aromatic heterocycles. The highest BCUT2D eigenvalue weighted by molar-refractivity contribution is 7.90. The third-order valence-corrected chi connectivity index (χ3v) is 4.48. The molecule has 1 aromatic carbocycles. The number of carbonyl (C=O) groups excluding carboxylic acids is 1. The highest BCUT2D eigenvalue weighted by Gasteiger charge is 2.15. The maximum absolute atomic E-state index is 12.1. The first-order chi connectivity index (χ1) is 10.3. The number of amides is 2. The minimum absolute atomic E-state index is 0.0272. The van der Waals surface area contributed by atoms with Crippen LogP contribution < -0.4 is 5.32 Å². The standard InChI is InChI=1S/C14H15ClN2O4S/c1-17(9-11-4-3-7-21-11)14(18)16-10-5-6-12(15)13(8-10)22(2,19)20/h3-8H,9H2,1-2H3,(H,16,18). The third kappa shape index (κ3) is 4.02. The molecule has 0 aliphatic carbocycles. The number of halogens is 1. The molecule has 6 nitrogen and oxygen atoms in total. The summed E-state index contributed by atoms with van der Waals surface area (Å²) >= 11 is 5.86. The predicted octanol–water partition coefficient (Wildman–Crippen LogP) is 3.00. The molecule has 0 unspecified atom stereocenters. The van der Waals surface area contributed by atoms with E-state index < -0.39 is 15.9 Å². The summed E-state index contributed by atoms with van der Waals surface area (Å²) in [5.41, 5.74) is 0.348. The van der Waals surface area contributed by atoms with Gasteiger partial charge in [-0.25, -0.2) is 13.2 Å². The van der Waals surface area contributed by atoms with Crippen molar-refractivity contribution in [1.29, 1.82) is 0 Å². The zero-order valence-electron chi connectivity index (χ0n) is 12.0. The maximum Gasteiger partial charge on any atom is 0.321 e. The summed E-state index contributed by atoms with van der Waals surface area (Å²) < 4.78 is 28.4. The van der Waals surface area contributed by atoms with Crippen molar-refractivity contribution in [1.82, 2.24) is 4.90 Å². The van der Waals surface area contributed by atoms with E-state index in [4.69, 9.17) is 16.0 Å². The van der Waals surface area contributed by atoms with Gasteiger partial charge in [-0.15, -0.1) is 0 Å². The van der Waals surface area contributed by atoms with Crippen molar-refractivity contribution >= 4 is 33.2 Å². The number of furan rings is 1. The van der Waals surface area contributed by atoms with E-state index in [1.165, 1.54) is 29.4 Å². The number of urea groups is 1. The van der Waals surface area contributed by atoms with E-state index in [0.717, 1.165) is 6.26 Å². The molecule has 0 radical (unpaired) electrons. The number of sulfone groups is 1. The fraction of sp³-hybridized carbons (Fsp3) is 0.214. The Morgan fingerprint density at radius 2 is 2.09 bits per heavy atom. The third-order valence-electron chi connectivity index (χ3n) is 2.90. The number of benzene rings is 1. The molecular weight excluding hydrogens is 328 g/mol. The normalized spacial score (nSPS) is 11.2. The van der Waals surface area contributed by atoms with E-state index >= 15 is 0 Å². The van der Waals surface area contributed by atoms with Gasteiger partial charge in [0.25, 0.3) is 0 Å². The van der Waals surface area contributed by atoms with Gasteiger partial charge in [-0.1, -0.05) is 11.6 Å². The number of anilines is 1. The molecule has 1 heterocycles. The van der Waals surface area contributed by atoms with E-state index in [0.29, 0.717) is 18.0 Å². The van der Waals surface area contributed by atoms with Crippen LogP contribution in [0.4, 0.5) is 10.5 Å². The molecule has 1 N–H and O–H groups in total. The van der Waals surface area contributed by atoms with E-state index in [9.17, 15) is 13.2 Å². The summed E-state index contributed by atoms with van der Waals surface area (Å²) in [6.07, 6.45) is 2.58. The molecule has 0 aliphatic heterocycles. The van der Waals surface area contributed by atoms with Gasteiger partial charge >= 0.3 is 6.03 Å². The first-order valence-corrected chi connectivity index (χ1v) is 8.58. The zero-order valence-corrected chi connectivity index (χ0v) is 13.6. The first-order valence-electron chi connectivity index (χ1n) is 6.31. The highest BCUT2D eigenvalue weighted by Crippen LogP contribution is 2.25. The van der Waals surface area contributed by atoms with Crippen molar-refractivity contribution in [3.63, 3.8) is 0 Å². The van der Waals surface area contributed by atoms with E-state index in [-0.39, 0.29) is 9.92 Å². The van der Waals surface area contributed by atoms with Crippen LogP contribution in [0.3, 0.4) is 0 Å². The largest absolute Gasteiger partial charge is 0.467 e. The summed E-state index contributed by atoms with van der Waals surface area (Å²) in [7, 11) is -1.86. The molecule has 0 saturated carbocycles.